The number of carbonyl (C=O) groups is 2. The van der Waals surface area contributed by atoms with E-state index in [1.165, 1.54) is 0 Å². The normalized spacial score (nSPS) is 14.9. The maximum absolute atomic E-state index is 13.3. The molecule has 1 heterocycles. The second kappa shape index (κ2) is 10.4. The molecule has 1 aliphatic rings. The number of nitrogens with zero attached hydrogens (tertiary/aromatic N) is 1. The van der Waals surface area contributed by atoms with Gasteiger partial charge in [0.2, 0.25) is 0 Å². The summed E-state index contributed by atoms with van der Waals surface area (Å²) in [5.74, 6) is -1.36. The van der Waals surface area contributed by atoms with Crippen molar-refractivity contribution in [2.45, 2.75) is 71.4 Å². The summed E-state index contributed by atoms with van der Waals surface area (Å²) < 4.78 is 1.77. The van der Waals surface area contributed by atoms with Crippen LogP contribution in [0.3, 0.4) is 0 Å². The van der Waals surface area contributed by atoms with Gasteiger partial charge in [-0.3, -0.25) is 9.59 Å². The molecule has 0 saturated heterocycles. The smallest absolute Gasteiger partial charge is 0.330 e. The topological polar surface area (TPSA) is 88.4 Å². The molecule has 2 aromatic rings. The number of carbonyl (C=O) groups excluding carboxylic acids is 1. The first-order valence-electron chi connectivity index (χ1n) is 11.2. The number of hydrogen-bond donors (Lipinski definition) is 2. The standard InChI is InChI=1S/C25H32N2O4/c1-17(2)14-15-27-21-13-9-4-3-6-12-19(21)16-20(24(27)29)23(28)26-22(25(30)31)18-10-7-5-8-11-18/h5,7-8,10-11,16-17,22H,3-4,6,9,12-15H2,1-2H3,(H,26,28)(H,30,31). The van der Waals surface area contributed by atoms with E-state index in [4.69, 9.17) is 0 Å². The number of aliphatic carboxylic acids is 1. The average Bonchev–Trinajstić information content (AvgIpc) is 2.72. The van der Waals surface area contributed by atoms with E-state index >= 15 is 0 Å². The first-order valence-corrected chi connectivity index (χ1v) is 11.2. The summed E-state index contributed by atoms with van der Waals surface area (Å²) in [6.07, 6.45) is 6.87. The number of aryl methyl sites for hydroxylation is 1. The Balaban J connectivity index is 1.99. The van der Waals surface area contributed by atoms with Crippen molar-refractivity contribution in [2.24, 2.45) is 5.92 Å². The molecule has 1 aromatic carbocycles. The molecule has 166 valence electrons. The van der Waals surface area contributed by atoms with Crippen molar-refractivity contribution < 1.29 is 14.7 Å². The monoisotopic (exact) mass is 424 g/mol. The Hall–Kier alpha value is -2.89. The van der Waals surface area contributed by atoms with Gasteiger partial charge in [0.15, 0.2) is 6.04 Å². The van der Waals surface area contributed by atoms with Crippen LogP contribution < -0.4 is 10.9 Å². The van der Waals surface area contributed by atoms with Crippen LogP contribution in [0.15, 0.2) is 41.2 Å². The molecule has 0 radical (unpaired) electrons. The lowest BCUT2D eigenvalue weighted by atomic mass is 9.95. The van der Waals surface area contributed by atoms with E-state index in [0.29, 0.717) is 18.0 Å². The SMILES string of the molecule is CC(C)CCn1c2c(cc(C(=O)NC(C(=O)O)c3ccccc3)c1=O)CCCCCC2. The van der Waals surface area contributed by atoms with Crippen LogP contribution in [0, 0.1) is 5.92 Å². The highest BCUT2D eigenvalue weighted by molar-refractivity contribution is 5.96. The van der Waals surface area contributed by atoms with Crippen molar-refractivity contribution in [2.75, 3.05) is 0 Å². The zero-order valence-electron chi connectivity index (χ0n) is 18.4. The van der Waals surface area contributed by atoms with Crippen molar-refractivity contribution in [1.82, 2.24) is 9.88 Å². The van der Waals surface area contributed by atoms with E-state index in [1.807, 2.05) is 0 Å². The third-order valence-electron chi connectivity index (χ3n) is 5.93. The first kappa shape index (κ1) is 22.8. The molecular formula is C25H32N2O4. The number of hydrogen-bond acceptors (Lipinski definition) is 3. The van der Waals surface area contributed by atoms with Gasteiger partial charge in [-0.05, 0) is 55.2 Å². The molecule has 0 bridgehead atoms. The number of aromatic nitrogens is 1. The molecule has 1 atom stereocenters. The van der Waals surface area contributed by atoms with E-state index in [2.05, 4.69) is 19.2 Å². The fourth-order valence-electron chi connectivity index (χ4n) is 4.16. The highest BCUT2D eigenvalue weighted by Crippen LogP contribution is 2.21. The fourth-order valence-corrected chi connectivity index (χ4v) is 4.16. The van der Waals surface area contributed by atoms with Gasteiger partial charge in [0, 0.05) is 12.2 Å². The molecule has 1 aromatic heterocycles. The zero-order valence-corrected chi connectivity index (χ0v) is 18.4. The molecule has 6 heteroatoms. The summed E-state index contributed by atoms with van der Waals surface area (Å²) in [6.45, 7) is 4.80. The Labute approximate surface area is 183 Å². The van der Waals surface area contributed by atoms with Gasteiger partial charge in [-0.15, -0.1) is 0 Å². The van der Waals surface area contributed by atoms with Crippen LogP contribution in [-0.2, 0) is 24.2 Å². The highest BCUT2D eigenvalue weighted by Gasteiger charge is 2.26. The molecule has 0 saturated carbocycles. The van der Waals surface area contributed by atoms with Gasteiger partial charge in [0.25, 0.3) is 11.5 Å². The third-order valence-corrected chi connectivity index (χ3v) is 5.93. The molecule has 1 unspecified atom stereocenters. The van der Waals surface area contributed by atoms with Crippen molar-refractivity contribution in [1.29, 1.82) is 0 Å². The number of fused-ring (bicyclic) bond motifs is 1. The summed E-state index contributed by atoms with van der Waals surface area (Å²) in [7, 11) is 0. The maximum Gasteiger partial charge on any atom is 0.330 e. The Bertz CT molecular complexity index is 979. The Kier molecular flexibility index (Phi) is 7.66. The fraction of sp³-hybridized carbons (Fsp3) is 0.480. The highest BCUT2D eigenvalue weighted by atomic mass is 16.4. The van der Waals surface area contributed by atoms with Crippen molar-refractivity contribution in [3.05, 3.63) is 69.1 Å². The van der Waals surface area contributed by atoms with Gasteiger partial charge in [-0.2, -0.15) is 0 Å². The van der Waals surface area contributed by atoms with Crippen LogP contribution in [0.2, 0.25) is 0 Å². The molecular weight excluding hydrogens is 392 g/mol. The lowest BCUT2D eigenvalue weighted by molar-refractivity contribution is -0.139. The van der Waals surface area contributed by atoms with E-state index in [9.17, 15) is 19.5 Å². The number of nitrogens with one attached hydrogen (secondary N) is 1. The minimum Gasteiger partial charge on any atom is -0.479 e. The predicted octanol–water partition coefficient (Wildman–Crippen LogP) is 4.11. The van der Waals surface area contributed by atoms with Crippen molar-refractivity contribution in [3.8, 4) is 0 Å². The summed E-state index contributed by atoms with van der Waals surface area (Å²) in [5, 5.41) is 12.2. The van der Waals surface area contributed by atoms with Gasteiger partial charge >= 0.3 is 5.97 Å². The van der Waals surface area contributed by atoms with Crippen LogP contribution in [-0.4, -0.2) is 21.6 Å². The van der Waals surface area contributed by atoms with Gasteiger partial charge in [0.1, 0.15) is 5.56 Å². The number of amides is 1. The average molecular weight is 425 g/mol. The largest absolute Gasteiger partial charge is 0.479 e. The Morgan fingerprint density at radius 2 is 1.74 bits per heavy atom. The number of pyridine rings is 1. The Morgan fingerprint density at radius 1 is 1.06 bits per heavy atom. The number of carboxylic acids is 1. The maximum atomic E-state index is 13.3. The number of carboxylic acid groups (broad SMARTS) is 1. The van der Waals surface area contributed by atoms with Crippen LogP contribution in [0.1, 0.15) is 79.2 Å². The van der Waals surface area contributed by atoms with Crippen molar-refractivity contribution in [3.63, 3.8) is 0 Å². The number of rotatable bonds is 7. The molecule has 1 aliphatic carbocycles. The van der Waals surface area contributed by atoms with E-state index in [0.717, 1.165) is 56.2 Å². The van der Waals surface area contributed by atoms with Gasteiger partial charge in [-0.1, -0.05) is 57.0 Å². The van der Waals surface area contributed by atoms with E-state index in [1.54, 1.807) is 41.0 Å². The quantitative estimate of drug-likeness (QED) is 0.700. The molecule has 31 heavy (non-hydrogen) atoms. The summed E-state index contributed by atoms with van der Waals surface area (Å²) >= 11 is 0. The Morgan fingerprint density at radius 3 is 2.39 bits per heavy atom. The molecule has 0 fully saturated rings. The van der Waals surface area contributed by atoms with Gasteiger partial charge in [-0.25, -0.2) is 4.79 Å². The summed E-state index contributed by atoms with van der Waals surface area (Å²) in [6, 6.07) is 9.03. The molecule has 1 amide bonds. The lowest BCUT2D eigenvalue weighted by Gasteiger charge is -2.22. The number of benzene rings is 1. The molecule has 0 aliphatic heterocycles. The van der Waals surface area contributed by atoms with Gasteiger partial charge < -0.3 is 15.0 Å². The minimum absolute atomic E-state index is 0.0326. The van der Waals surface area contributed by atoms with E-state index < -0.39 is 17.9 Å². The lowest BCUT2D eigenvalue weighted by Crippen LogP contribution is -2.39. The summed E-state index contributed by atoms with van der Waals surface area (Å²) in [4.78, 5) is 38.2. The van der Waals surface area contributed by atoms with Crippen LogP contribution in [0.4, 0.5) is 0 Å². The first-order chi connectivity index (χ1) is 14.9. The van der Waals surface area contributed by atoms with Crippen LogP contribution >= 0.6 is 0 Å². The molecule has 2 N–H and O–H groups in total. The minimum atomic E-state index is -1.21. The van der Waals surface area contributed by atoms with Crippen LogP contribution in [0.5, 0.6) is 0 Å². The van der Waals surface area contributed by atoms with E-state index in [-0.39, 0.29) is 11.1 Å². The molecule has 0 spiro atoms. The second-order valence-electron chi connectivity index (χ2n) is 8.74. The van der Waals surface area contributed by atoms with Gasteiger partial charge in [0.05, 0.1) is 0 Å². The molecule has 3 rings (SSSR count). The zero-order chi connectivity index (χ0) is 22.4. The second-order valence-corrected chi connectivity index (χ2v) is 8.74. The summed E-state index contributed by atoms with van der Waals surface area (Å²) in [5.41, 5.74) is 2.26. The predicted molar refractivity (Wildman–Crippen MR) is 120 cm³/mol. The molecule has 6 nitrogen and oxygen atoms in total. The van der Waals surface area contributed by atoms with Crippen LogP contribution in [0.25, 0.3) is 0 Å². The van der Waals surface area contributed by atoms with Crippen molar-refractivity contribution >= 4 is 11.9 Å². The third kappa shape index (κ3) is 5.63.